The molecule has 1 aromatic heterocycles. The van der Waals surface area contributed by atoms with Gasteiger partial charge in [-0.25, -0.2) is 13.1 Å². The second kappa shape index (κ2) is 4.96. The number of hydrogen-bond acceptors (Lipinski definition) is 4. The Kier molecular flexibility index (Phi) is 4.12. The topological polar surface area (TPSA) is 72.2 Å². The Balaban J connectivity index is 2.65. The monoisotopic (exact) mass is 252 g/mol. The maximum Gasteiger partial charge on any atom is 0.213 e. The number of nitrogens with one attached hydrogen (secondary N) is 1. The van der Waals surface area contributed by atoms with Crippen molar-refractivity contribution in [3.05, 3.63) is 17.0 Å². The Morgan fingerprint density at radius 2 is 2.13 bits per heavy atom. The van der Waals surface area contributed by atoms with Gasteiger partial charge in [0.25, 0.3) is 0 Å². The van der Waals surface area contributed by atoms with E-state index in [0.29, 0.717) is 11.5 Å². The van der Waals surface area contributed by atoms with Crippen LogP contribution in [0.4, 0.5) is 0 Å². The van der Waals surface area contributed by atoms with E-state index in [0.717, 1.165) is 5.56 Å². The molecular weight excluding hydrogens is 240 g/mol. The average molecular weight is 253 g/mol. The van der Waals surface area contributed by atoms with Gasteiger partial charge >= 0.3 is 0 Å². The smallest absolute Gasteiger partial charge is 0.213 e. The highest BCUT2D eigenvalue weighted by Crippen LogP contribution is 2.11. The lowest BCUT2D eigenvalue weighted by Crippen LogP contribution is -2.26. The van der Waals surface area contributed by atoms with Crippen LogP contribution in [0.2, 0.25) is 0 Å². The lowest BCUT2D eigenvalue weighted by Gasteiger charge is -2.04. The maximum absolute atomic E-state index is 11.3. The maximum atomic E-state index is 11.3. The minimum Gasteiger partial charge on any atom is -0.361 e. The van der Waals surface area contributed by atoms with Crippen molar-refractivity contribution < 1.29 is 12.9 Å². The number of aromatic nitrogens is 1. The van der Waals surface area contributed by atoms with Gasteiger partial charge in [-0.05, 0) is 13.8 Å². The third-order valence-electron chi connectivity index (χ3n) is 2.00. The zero-order chi connectivity index (χ0) is 11.5. The highest BCUT2D eigenvalue weighted by Gasteiger charge is 2.13. The first-order chi connectivity index (χ1) is 6.96. The number of rotatable bonds is 5. The summed E-state index contributed by atoms with van der Waals surface area (Å²) >= 11 is 5.36. The van der Waals surface area contributed by atoms with E-state index in [1.807, 2.05) is 0 Å². The molecular formula is C8H13ClN2O3S. The van der Waals surface area contributed by atoms with Crippen molar-refractivity contribution in [2.45, 2.75) is 20.4 Å². The molecule has 5 nitrogen and oxygen atoms in total. The van der Waals surface area contributed by atoms with Crippen molar-refractivity contribution in [1.82, 2.24) is 9.88 Å². The molecule has 0 aliphatic heterocycles. The fraction of sp³-hybridized carbons (Fsp3) is 0.625. The number of hydrogen-bond donors (Lipinski definition) is 1. The summed E-state index contributed by atoms with van der Waals surface area (Å²) < 4.78 is 29.9. The molecule has 1 N–H and O–H groups in total. The van der Waals surface area contributed by atoms with Crippen molar-refractivity contribution in [1.29, 1.82) is 0 Å². The summed E-state index contributed by atoms with van der Waals surface area (Å²) in [7, 11) is -3.29. The van der Waals surface area contributed by atoms with E-state index in [9.17, 15) is 8.42 Å². The summed E-state index contributed by atoms with van der Waals surface area (Å²) in [5.41, 5.74) is 1.47. The lowest BCUT2D eigenvalue weighted by molar-refractivity contribution is 0.392. The lowest BCUT2D eigenvalue weighted by atomic mass is 10.2. The summed E-state index contributed by atoms with van der Waals surface area (Å²) in [6.45, 7) is 3.70. The summed E-state index contributed by atoms with van der Waals surface area (Å²) in [6.07, 6.45) is 0. The van der Waals surface area contributed by atoms with Crippen LogP contribution in [-0.4, -0.2) is 25.2 Å². The quantitative estimate of drug-likeness (QED) is 0.792. The molecule has 0 radical (unpaired) electrons. The second-order valence-electron chi connectivity index (χ2n) is 3.13. The molecule has 0 spiro atoms. The Labute approximate surface area is 93.8 Å². The third-order valence-corrected chi connectivity index (χ3v) is 3.73. The molecule has 0 aliphatic rings. The Morgan fingerprint density at radius 3 is 2.60 bits per heavy atom. The molecule has 0 unspecified atom stereocenters. The SMILES string of the molecule is Cc1noc(C)c1CNS(=O)(=O)CCCl. The molecule has 1 heterocycles. The van der Waals surface area contributed by atoms with Crippen molar-refractivity contribution in [2.24, 2.45) is 0 Å². The van der Waals surface area contributed by atoms with E-state index < -0.39 is 10.0 Å². The normalized spacial score (nSPS) is 11.9. The molecule has 7 heteroatoms. The van der Waals surface area contributed by atoms with Gasteiger partial charge in [-0.1, -0.05) is 5.16 Å². The molecule has 0 atom stereocenters. The van der Waals surface area contributed by atoms with E-state index >= 15 is 0 Å². The Hall–Kier alpha value is -0.590. The molecule has 0 aliphatic carbocycles. The number of alkyl halides is 1. The van der Waals surface area contributed by atoms with Gasteiger partial charge in [0.05, 0.1) is 11.4 Å². The van der Waals surface area contributed by atoms with Gasteiger partial charge < -0.3 is 4.52 Å². The largest absolute Gasteiger partial charge is 0.361 e. The van der Waals surface area contributed by atoms with Gasteiger partial charge in [0.15, 0.2) is 0 Å². The van der Waals surface area contributed by atoms with Crippen LogP contribution < -0.4 is 4.72 Å². The van der Waals surface area contributed by atoms with Crippen LogP contribution in [-0.2, 0) is 16.6 Å². The first-order valence-electron chi connectivity index (χ1n) is 4.41. The van der Waals surface area contributed by atoms with Crippen molar-refractivity contribution >= 4 is 21.6 Å². The fourth-order valence-electron chi connectivity index (χ4n) is 1.11. The van der Waals surface area contributed by atoms with Gasteiger partial charge in [0.1, 0.15) is 5.76 Å². The van der Waals surface area contributed by atoms with Crippen LogP contribution in [0, 0.1) is 13.8 Å². The Morgan fingerprint density at radius 1 is 1.47 bits per heavy atom. The first-order valence-corrected chi connectivity index (χ1v) is 6.60. The molecule has 15 heavy (non-hydrogen) atoms. The van der Waals surface area contributed by atoms with E-state index in [2.05, 4.69) is 9.88 Å². The van der Waals surface area contributed by atoms with Gasteiger partial charge in [0, 0.05) is 18.0 Å². The molecule has 1 aromatic rings. The summed E-state index contributed by atoms with van der Waals surface area (Å²) in [5.74, 6) is 0.621. The summed E-state index contributed by atoms with van der Waals surface area (Å²) in [4.78, 5) is 0. The predicted octanol–water partition coefficient (Wildman–Crippen LogP) is 0.950. The second-order valence-corrected chi connectivity index (χ2v) is 5.44. The Bertz CT molecular complexity index is 408. The predicted molar refractivity (Wildman–Crippen MR) is 57.3 cm³/mol. The molecule has 1 rings (SSSR count). The molecule has 0 saturated carbocycles. The molecule has 86 valence electrons. The van der Waals surface area contributed by atoms with E-state index in [4.69, 9.17) is 16.1 Å². The van der Waals surface area contributed by atoms with Crippen LogP contribution in [0.1, 0.15) is 17.0 Å². The number of aryl methyl sites for hydroxylation is 2. The van der Waals surface area contributed by atoms with Crippen LogP contribution >= 0.6 is 11.6 Å². The molecule has 0 saturated heterocycles. The highest BCUT2D eigenvalue weighted by molar-refractivity contribution is 7.89. The number of nitrogens with zero attached hydrogens (tertiary/aromatic N) is 1. The van der Waals surface area contributed by atoms with Crippen molar-refractivity contribution in [3.8, 4) is 0 Å². The van der Waals surface area contributed by atoms with Crippen LogP contribution in [0.25, 0.3) is 0 Å². The molecule has 0 bridgehead atoms. The zero-order valence-electron chi connectivity index (χ0n) is 8.58. The molecule has 0 amide bonds. The van der Waals surface area contributed by atoms with E-state index in [-0.39, 0.29) is 18.2 Å². The highest BCUT2D eigenvalue weighted by atomic mass is 35.5. The van der Waals surface area contributed by atoms with Crippen LogP contribution in [0.5, 0.6) is 0 Å². The molecule has 0 aromatic carbocycles. The minimum absolute atomic E-state index is 0.0803. The number of sulfonamides is 1. The fourth-order valence-corrected chi connectivity index (χ4v) is 2.43. The van der Waals surface area contributed by atoms with E-state index in [1.54, 1.807) is 13.8 Å². The van der Waals surface area contributed by atoms with E-state index in [1.165, 1.54) is 0 Å². The van der Waals surface area contributed by atoms with Gasteiger partial charge in [-0.15, -0.1) is 11.6 Å². The molecule has 0 fully saturated rings. The number of halogens is 1. The first kappa shape index (κ1) is 12.5. The van der Waals surface area contributed by atoms with Crippen LogP contribution in [0.3, 0.4) is 0 Å². The average Bonchev–Trinajstić information content (AvgIpc) is 2.44. The van der Waals surface area contributed by atoms with Gasteiger partial charge in [0.2, 0.25) is 10.0 Å². The summed E-state index contributed by atoms with van der Waals surface area (Å²) in [5, 5.41) is 3.73. The van der Waals surface area contributed by atoms with Crippen LogP contribution in [0.15, 0.2) is 4.52 Å². The zero-order valence-corrected chi connectivity index (χ0v) is 10.2. The standard InChI is InChI=1S/C8H13ClN2O3S/c1-6-8(7(2)14-11-6)5-10-15(12,13)4-3-9/h10H,3-5H2,1-2H3. The van der Waals surface area contributed by atoms with Crippen molar-refractivity contribution in [3.63, 3.8) is 0 Å². The minimum atomic E-state index is -3.29. The summed E-state index contributed by atoms with van der Waals surface area (Å²) in [6, 6.07) is 0. The third kappa shape index (κ3) is 3.48. The van der Waals surface area contributed by atoms with Crippen molar-refractivity contribution in [2.75, 3.05) is 11.6 Å². The van der Waals surface area contributed by atoms with Gasteiger partial charge in [-0.2, -0.15) is 0 Å². The van der Waals surface area contributed by atoms with Gasteiger partial charge in [-0.3, -0.25) is 0 Å².